The molecule has 5 heteroatoms. The molecule has 0 N–H and O–H groups in total. The summed E-state index contributed by atoms with van der Waals surface area (Å²) < 4.78 is 12.9. The number of aryl methyl sites for hydroxylation is 1. The lowest BCUT2D eigenvalue weighted by Gasteiger charge is -2.07. The zero-order chi connectivity index (χ0) is 14.0. The lowest BCUT2D eigenvalue weighted by Crippen LogP contribution is -2.23. The van der Waals surface area contributed by atoms with Crippen LogP contribution in [0.25, 0.3) is 11.3 Å². The van der Waals surface area contributed by atoms with Crippen LogP contribution in [0.1, 0.15) is 9.88 Å². The van der Waals surface area contributed by atoms with E-state index in [4.69, 9.17) is 0 Å². The summed E-state index contributed by atoms with van der Waals surface area (Å²) in [5.74, 6) is -0.237. The summed E-state index contributed by atoms with van der Waals surface area (Å²) in [6, 6.07) is 6.24. The van der Waals surface area contributed by atoms with Gasteiger partial charge >= 0.3 is 0 Å². The first-order chi connectivity index (χ1) is 8.97. The van der Waals surface area contributed by atoms with Crippen molar-refractivity contribution in [2.75, 3.05) is 14.1 Å². The van der Waals surface area contributed by atoms with E-state index in [1.165, 1.54) is 23.5 Å². The highest BCUT2D eigenvalue weighted by Gasteiger charge is 2.13. The monoisotopic (exact) mass is 278 g/mol. The number of hydrogen-bond donors (Lipinski definition) is 0. The van der Waals surface area contributed by atoms with Crippen molar-refractivity contribution in [3.63, 3.8) is 0 Å². The predicted octanol–water partition coefficient (Wildman–Crippen LogP) is 2.89. The van der Waals surface area contributed by atoms with Gasteiger partial charge in [0.1, 0.15) is 10.8 Å². The molecule has 0 aliphatic heterocycles. The molecule has 100 valence electrons. The molecule has 1 aromatic heterocycles. The van der Waals surface area contributed by atoms with Crippen molar-refractivity contribution in [1.29, 1.82) is 0 Å². The van der Waals surface area contributed by atoms with Crippen LogP contribution in [0.4, 0.5) is 4.39 Å². The first kappa shape index (κ1) is 13.7. The molecule has 0 unspecified atom stereocenters. The summed E-state index contributed by atoms with van der Waals surface area (Å²) in [7, 11) is 3.45. The van der Waals surface area contributed by atoms with Gasteiger partial charge in [0.2, 0.25) is 5.91 Å². The summed E-state index contributed by atoms with van der Waals surface area (Å²) in [6.45, 7) is 1.96. The van der Waals surface area contributed by atoms with E-state index in [0.29, 0.717) is 6.42 Å². The van der Waals surface area contributed by atoms with E-state index in [1.54, 1.807) is 31.1 Å². The van der Waals surface area contributed by atoms with Crippen molar-refractivity contribution >= 4 is 17.2 Å². The van der Waals surface area contributed by atoms with E-state index in [0.717, 1.165) is 21.1 Å². The van der Waals surface area contributed by atoms with Crippen molar-refractivity contribution < 1.29 is 9.18 Å². The first-order valence-electron chi connectivity index (χ1n) is 5.90. The standard InChI is InChI=1S/C14H15FN2OS/c1-9-14(10-4-6-11(15)7-5-10)16-12(19-9)8-13(18)17(2)3/h4-7H,8H2,1-3H3. The Hall–Kier alpha value is -1.75. The fourth-order valence-corrected chi connectivity index (χ4v) is 2.64. The van der Waals surface area contributed by atoms with Crippen molar-refractivity contribution in [1.82, 2.24) is 9.88 Å². The Morgan fingerprint density at radius 2 is 1.95 bits per heavy atom. The average Bonchev–Trinajstić information content (AvgIpc) is 2.71. The minimum atomic E-state index is -0.264. The number of halogens is 1. The number of benzene rings is 1. The Bertz CT molecular complexity index is 590. The lowest BCUT2D eigenvalue weighted by atomic mass is 10.1. The molecular weight excluding hydrogens is 263 g/mol. The van der Waals surface area contributed by atoms with Gasteiger partial charge in [-0.25, -0.2) is 9.37 Å². The molecule has 1 aromatic carbocycles. The molecular formula is C14H15FN2OS. The predicted molar refractivity (Wildman–Crippen MR) is 74.6 cm³/mol. The maximum atomic E-state index is 12.9. The Morgan fingerprint density at radius 3 is 2.53 bits per heavy atom. The summed E-state index contributed by atoms with van der Waals surface area (Å²) in [4.78, 5) is 18.7. The highest BCUT2D eigenvalue weighted by molar-refractivity contribution is 7.12. The number of aromatic nitrogens is 1. The van der Waals surface area contributed by atoms with Gasteiger partial charge in [-0.1, -0.05) is 0 Å². The number of carbonyl (C=O) groups is 1. The van der Waals surface area contributed by atoms with E-state index in [9.17, 15) is 9.18 Å². The molecule has 0 atom stereocenters. The van der Waals surface area contributed by atoms with E-state index in [-0.39, 0.29) is 11.7 Å². The van der Waals surface area contributed by atoms with Crippen molar-refractivity contribution in [2.24, 2.45) is 0 Å². The second-order valence-corrected chi connectivity index (χ2v) is 5.77. The van der Waals surface area contributed by atoms with Crippen molar-refractivity contribution in [2.45, 2.75) is 13.3 Å². The minimum absolute atomic E-state index is 0.0272. The van der Waals surface area contributed by atoms with Gasteiger partial charge < -0.3 is 4.90 Å². The number of thiazole rings is 1. The summed E-state index contributed by atoms with van der Waals surface area (Å²) in [5, 5.41) is 0.788. The second-order valence-electron chi connectivity index (χ2n) is 4.48. The number of likely N-dealkylation sites (N-methyl/N-ethyl adjacent to an activating group) is 1. The highest BCUT2D eigenvalue weighted by Crippen LogP contribution is 2.28. The van der Waals surface area contributed by atoms with Crippen LogP contribution in [0.2, 0.25) is 0 Å². The van der Waals surface area contributed by atoms with Crippen molar-refractivity contribution in [3.05, 3.63) is 40.0 Å². The topological polar surface area (TPSA) is 33.2 Å². The molecule has 1 amide bonds. The largest absolute Gasteiger partial charge is 0.348 e. The zero-order valence-corrected chi connectivity index (χ0v) is 11.9. The Morgan fingerprint density at radius 1 is 1.32 bits per heavy atom. The van der Waals surface area contributed by atoms with Gasteiger partial charge in [-0.05, 0) is 31.2 Å². The number of hydrogen-bond acceptors (Lipinski definition) is 3. The second kappa shape index (κ2) is 5.48. The fraction of sp³-hybridized carbons (Fsp3) is 0.286. The quantitative estimate of drug-likeness (QED) is 0.865. The Balaban J connectivity index is 2.26. The van der Waals surface area contributed by atoms with Gasteiger partial charge in [0.15, 0.2) is 0 Å². The van der Waals surface area contributed by atoms with Gasteiger partial charge in [-0.2, -0.15) is 0 Å². The van der Waals surface area contributed by atoms with Crippen LogP contribution in [0, 0.1) is 12.7 Å². The number of amides is 1. The van der Waals surface area contributed by atoms with Crippen LogP contribution in [-0.4, -0.2) is 29.9 Å². The highest BCUT2D eigenvalue weighted by atomic mass is 32.1. The summed E-state index contributed by atoms with van der Waals surface area (Å²) in [5.41, 5.74) is 1.70. The van der Waals surface area contributed by atoms with Gasteiger partial charge in [0.05, 0.1) is 12.1 Å². The molecule has 0 radical (unpaired) electrons. The zero-order valence-electron chi connectivity index (χ0n) is 11.1. The van der Waals surface area contributed by atoms with Gasteiger partial charge in [0, 0.05) is 24.5 Å². The van der Waals surface area contributed by atoms with Crippen LogP contribution in [-0.2, 0) is 11.2 Å². The molecule has 0 saturated carbocycles. The first-order valence-corrected chi connectivity index (χ1v) is 6.71. The SMILES string of the molecule is Cc1sc(CC(=O)N(C)C)nc1-c1ccc(F)cc1. The van der Waals surface area contributed by atoms with Crippen LogP contribution < -0.4 is 0 Å². The van der Waals surface area contributed by atoms with Crippen LogP contribution >= 0.6 is 11.3 Å². The van der Waals surface area contributed by atoms with Crippen molar-refractivity contribution in [3.8, 4) is 11.3 Å². The fourth-order valence-electron chi connectivity index (χ4n) is 1.69. The van der Waals surface area contributed by atoms with Gasteiger partial charge in [-0.15, -0.1) is 11.3 Å². The Kier molecular flexibility index (Phi) is 3.95. The van der Waals surface area contributed by atoms with E-state index >= 15 is 0 Å². The molecule has 0 bridgehead atoms. The molecule has 0 aliphatic rings. The summed E-state index contributed by atoms with van der Waals surface area (Å²) in [6.07, 6.45) is 0.305. The molecule has 0 fully saturated rings. The van der Waals surface area contributed by atoms with E-state index in [2.05, 4.69) is 4.98 Å². The molecule has 19 heavy (non-hydrogen) atoms. The maximum absolute atomic E-state index is 12.9. The third-order valence-electron chi connectivity index (χ3n) is 2.76. The van der Waals surface area contributed by atoms with Crippen LogP contribution in [0.15, 0.2) is 24.3 Å². The Labute approximate surface area is 115 Å². The number of rotatable bonds is 3. The van der Waals surface area contributed by atoms with Gasteiger partial charge in [-0.3, -0.25) is 4.79 Å². The molecule has 0 spiro atoms. The van der Waals surface area contributed by atoms with Crippen LogP contribution in [0.3, 0.4) is 0 Å². The lowest BCUT2D eigenvalue weighted by molar-refractivity contribution is -0.127. The maximum Gasteiger partial charge on any atom is 0.228 e. The summed E-state index contributed by atoms with van der Waals surface area (Å²) >= 11 is 1.51. The molecule has 0 saturated heterocycles. The smallest absolute Gasteiger partial charge is 0.228 e. The third kappa shape index (κ3) is 3.17. The molecule has 0 aliphatic carbocycles. The van der Waals surface area contributed by atoms with E-state index in [1.807, 2.05) is 6.92 Å². The number of carbonyl (C=O) groups excluding carboxylic acids is 1. The minimum Gasteiger partial charge on any atom is -0.348 e. The molecule has 2 aromatic rings. The molecule has 3 nitrogen and oxygen atoms in total. The average molecular weight is 278 g/mol. The van der Waals surface area contributed by atoms with Gasteiger partial charge in [0.25, 0.3) is 0 Å². The number of nitrogens with zero attached hydrogens (tertiary/aromatic N) is 2. The van der Waals surface area contributed by atoms with Crippen LogP contribution in [0.5, 0.6) is 0 Å². The molecule has 2 rings (SSSR count). The van der Waals surface area contributed by atoms with E-state index < -0.39 is 0 Å². The normalized spacial score (nSPS) is 10.5. The third-order valence-corrected chi connectivity index (χ3v) is 3.73. The molecule has 1 heterocycles.